The maximum Gasteiger partial charge on any atom is 0.269 e. The third kappa shape index (κ3) is 3.21. The molecule has 8 heteroatoms. The molecule has 0 spiro atoms. The zero-order chi connectivity index (χ0) is 19.8. The molecule has 28 heavy (non-hydrogen) atoms. The molecule has 4 rings (SSSR count). The molecule has 0 saturated carbocycles. The molecule has 144 valence electrons. The molecular formula is C20H22N6O2. The van der Waals surface area contributed by atoms with E-state index in [1.807, 2.05) is 29.2 Å². The first kappa shape index (κ1) is 18.1. The van der Waals surface area contributed by atoms with Crippen LogP contribution in [0.5, 0.6) is 0 Å². The topological polar surface area (TPSA) is 107 Å². The molecule has 1 aliphatic heterocycles. The van der Waals surface area contributed by atoms with Crippen LogP contribution in [0.1, 0.15) is 30.8 Å². The Hall–Kier alpha value is -3.29. The summed E-state index contributed by atoms with van der Waals surface area (Å²) in [5.41, 5.74) is 8.15. The van der Waals surface area contributed by atoms with Crippen LogP contribution in [0.25, 0.3) is 22.0 Å². The Labute approximate surface area is 162 Å². The molecule has 1 saturated heterocycles. The van der Waals surface area contributed by atoms with E-state index in [2.05, 4.69) is 29.1 Å². The van der Waals surface area contributed by atoms with Gasteiger partial charge in [0.25, 0.3) is 5.91 Å². The lowest BCUT2D eigenvalue weighted by atomic mass is 10.0. The van der Waals surface area contributed by atoms with E-state index in [9.17, 15) is 9.59 Å². The van der Waals surface area contributed by atoms with Gasteiger partial charge in [0.05, 0.1) is 17.9 Å². The molecule has 0 aliphatic carbocycles. The molecule has 1 fully saturated rings. The standard InChI is InChI=1S/C20H22N6O2/c1-12-7-13(2)25(10-12)18(27)11-26-17-4-3-14(15-5-6-22-23-9-15)8-16(17)19(24-26)20(21)28/h3-6,8-9,12-13H,7,10-11H2,1-2H3,(H2,21,28)/t12-,13-/m1/s1. The van der Waals surface area contributed by atoms with Crippen LogP contribution >= 0.6 is 0 Å². The fourth-order valence-electron chi connectivity index (χ4n) is 3.99. The average molecular weight is 378 g/mol. The smallest absolute Gasteiger partial charge is 0.269 e. The van der Waals surface area contributed by atoms with Gasteiger partial charge in [-0.25, -0.2) is 0 Å². The lowest BCUT2D eigenvalue weighted by Crippen LogP contribution is -2.36. The second-order valence-corrected chi connectivity index (χ2v) is 7.47. The third-order valence-electron chi connectivity index (χ3n) is 5.29. The Morgan fingerprint density at radius 3 is 2.64 bits per heavy atom. The van der Waals surface area contributed by atoms with Crippen LogP contribution in [-0.2, 0) is 11.3 Å². The molecule has 3 aromatic rings. The number of primary amides is 1. The molecule has 8 nitrogen and oxygen atoms in total. The van der Waals surface area contributed by atoms with Gasteiger partial charge in [-0.05, 0) is 43.0 Å². The first-order chi connectivity index (χ1) is 13.4. The van der Waals surface area contributed by atoms with Crippen molar-refractivity contribution in [3.63, 3.8) is 0 Å². The molecule has 2 aromatic heterocycles. The van der Waals surface area contributed by atoms with Gasteiger partial charge in [-0.1, -0.05) is 13.0 Å². The highest BCUT2D eigenvalue weighted by Gasteiger charge is 2.30. The van der Waals surface area contributed by atoms with E-state index in [4.69, 9.17) is 5.73 Å². The van der Waals surface area contributed by atoms with Crippen LogP contribution in [0.15, 0.2) is 36.7 Å². The number of rotatable bonds is 4. The summed E-state index contributed by atoms with van der Waals surface area (Å²) in [6.07, 6.45) is 4.26. The minimum Gasteiger partial charge on any atom is -0.364 e. The zero-order valence-corrected chi connectivity index (χ0v) is 15.9. The molecule has 2 N–H and O–H groups in total. The van der Waals surface area contributed by atoms with Crippen molar-refractivity contribution in [1.29, 1.82) is 0 Å². The van der Waals surface area contributed by atoms with E-state index in [0.717, 1.165) is 24.1 Å². The largest absolute Gasteiger partial charge is 0.364 e. The van der Waals surface area contributed by atoms with Gasteiger partial charge >= 0.3 is 0 Å². The highest BCUT2D eigenvalue weighted by molar-refractivity contribution is 6.05. The van der Waals surface area contributed by atoms with Crippen LogP contribution < -0.4 is 5.73 Å². The number of likely N-dealkylation sites (tertiary alicyclic amines) is 1. The van der Waals surface area contributed by atoms with Gasteiger partial charge in [0.1, 0.15) is 6.54 Å². The number of amides is 2. The SMILES string of the molecule is C[C@@H]1C[C@@H](C)N(C(=O)Cn2nc(C(N)=O)c3cc(-c4ccnnc4)ccc32)C1. The van der Waals surface area contributed by atoms with Gasteiger partial charge < -0.3 is 10.6 Å². The first-order valence-corrected chi connectivity index (χ1v) is 9.31. The minimum atomic E-state index is -0.621. The molecular weight excluding hydrogens is 356 g/mol. The molecule has 0 unspecified atom stereocenters. The highest BCUT2D eigenvalue weighted by Crippen LogP contribution is 2.27. The minimum absolute atomic E-state index is 0.000296. The van der Waals surface area contributed by atoms with Crippen molar-refractivity contribution >= 4 is 22.7 Å². The van der Waals surface area contributed by atoms with E-state index in [1.165, 1.54) is 0 Å². The Balaban J connectivity index is 1.71. The number of fused-ring (bicyclic) bond motifs is 1. The van der Waals surface area contributed by atoms with Crippen LogP contribution in [-0.4, -0.2) is 49.3 Å². The van der Waals surface area contributed by atoms with Gasteiger partial charge in [0.2, 0.25) is 5.91 Å². The van der Waals surface area contributed by atoms with E-state index >= 15 is 0 Å². The number of hydrogen-bond donors (Lipinski definition) is 1. The van der Waals surface area contributed by atoms with Crippen molar-refractivity contribution in [3.05, 3.63) is 42.4 Å². The summed E-state index contributed by atoms with van der Waals surface area (Å²) >= 11 is 0. The van der Waals surface area contributed by atoms with Crippen molar-refractivity contribution in [3.8, 4) is 11.1 Å². The van der Waals surface area contributed by atoms with Crippen LogP contribution in [0.4, 0.5) is 0 Å². The fraction of sp³-hybridized carbons (Fsp3) is 0.350. The van der Waals surface area contributed by atoms with Crippen molar-refractivity contribution < 1.29 is 9.59 Å². The van der Waals surface area contributed by atoms with Crippen molar-refractivity contribution in [2.75, 3.05) is 6.54 Å². The summed E-state index contributed by atoms with van der Waals surface area (Å²) < 4.78 is 1.57. The summed E-state index contributed by atoms with van der Waals surface area (Å²) in [5, 5.41) is 12.6. The normalized spacial score (nSPS) is 19.3. The first-order valence-electron chi connectivity index (χ1n) is 9.31. The van der Waals surface area contributed by atoms with Crippen molar-refractivity contribution in [1.82, 2.24) is 24.9 Å². The molecule has 0 radical (unpaired) electrons. The van der Waals surface area contributed by atoms with Crippen LogP contribution in [0, 0.1) is 5.92 Å². The molecule has 2 atom stereocenters. The molecule has 3 heterocycles. The zero-order valence-electron chi connectivity index (χ0n) is 15.9. The lowest BCUT2D eigenvalue weighted by molar-refractivity contribution is -0.132. The quantitative estimate of drug-likeness (QED) is 0.745. The van der Waals surface area contributed by atoms with Crippen molar-refractivity contribution in [2.45, 2.75) is 32.9 Å². The Morgan fingerprint density at radius 2 is 2.00 bits per heavy atom. The summed E-state index contributed by atoms with van der Waals surface area (Å²) in [5.74, 6) is -0.130. The van der Waals surface area contributed by atoms with Gasteiger partial charge in [0, 0.05) is 23.5 Å². The number of nitrogens with zero attached hydrogens (tertiary/aromatic N) is 5. The second-order valence-electron chi connectivity index (χ2n) is 7.47. The van der Waals surface area contributed by atoms with Crippen LogP contribution in [0.2, 0.25) is 0 Å². The van der Waals surface area contributed by atoms with E-state index in [1.54, 1.807) is 17.1 Å². The Kier molecular flexibility index (Phi) is 4.54. The average Bonchev–Trinajstić information content (AvgIpc) is 3.21. The predicted octanol–water partition coefficient (Wildman–Crippen LogP) is 1.85. The maximum atomic E-state index is 12.8. The van der Waals surface area contributed by atoms with E-state index < -0.39 is 5.91 Å². The second kappa shape index (κ2) is 7.03. The number of nitrogens with two attached hydrogens (primary N) is 1. The van der Waals surface area contributed by atoms with E-state index in [0.29, 0.717) is 16.8 Å². The molecule has 1 aliphatic rings. The summed E-state index contributed by atoms with van der Waals surface area (Å²) in [4.78, 5) is 26.6. The highest BCUT2D eigenvalue weighted by atomic mass is 16.2. The summed E-state index contributed by atoms with van der Waals surface area (Å²) in [7, 11) is 0. The van der Waals surface area contributed by atoms with Crippen LogP contribution in [0.3, 0.4) is 0 Å². The number of carbonyl (C=O) groups is 2. The maximum absolute atomic E-state index is 12.8. The van der Waals surface area contributed by atoms with Crippen molar-refractivity contribution in [2.24, 2.45) is 11.7 Å². The molecule has 2 amide bonds. The molecule has 1 aromatic carbocycles. The number of hydrogen-bond acceptors (Lipinski definition) is 5. The monoisotopic (exact) mass is 378 g/mol. The Morgan fingerprint density at radius 1 is 1.18 bits per heavy atom. The number of carbonyl (C=O) groups excluding carboxylic acids is 2. The molecule has 0 bridgehead atoms. The number of benzene rings is 1. The van der Waals surface area contributed by atoms with Gasteiger partial charge in [-0.3, -0.25) is 14.3 Å². The Bertz CT molecular complexity index is 1050. The van der Waals surface area contributed by atoms with Gasteiger partial charge in [-0.15, -0.1) is 0 Å². The fourth-order valence-corrected chi connectivity index (χ4v) is 3.99. The summed E-state index contributed by atoms with van der Waals surface area (Å²) in [6.45, 7) is 5.04. The van der Waals surface area contributed by atoms with Gasteiger partial charge in [0.15, 0.2) is 5.69 Å². The summed E-state index contributed by atoms with van der Waals surface area (Å²) in [6, 6.07) is 7.66. The number of aromatic nitrogens is 4. The predicted molar refractivity (Wildman–Crippen MR) is 104 cm³/mol. The third-order valence-corrected chi connectivity index (χ3v) is 5.29. The lowest BCUT2D eigenvalue weighted by Gasteiger charge is -2.21. The van der Waals surface area contributed by atoms with E-state index in [-0.39, 0.29) is 24.2 Å². The van der Waals surface area contributed by atoms with Gasteiger partial charge in [-0.2, -0.15) is 15.3 Å².